The van der Waals surface area contributed by atoms with Crippen LogP contribution in [-0.2, 0) is 4.79 Å². The molecule has 3 nitrogen and oxygen atoms in total. The number of likely N-dealkylation sites (tertiary alicyclic amines) is 1. The molecule has 1 aliphatic heterocycles. The van der Waals surface area contributed by atoms with Gasteiger partial charge in [-0.05, 0) is 31.0 Å². The van der Waals surface area contributed by atoms with Crippen LogP contribution in [0.2, 0.25) is 0 Å². The first-order valence-corrected chi connectivity index (χ1v) is 7.59. The monoisotopic (exact) mass is 324 g/mol. The molecule has 1 fully saturated rings. The number of carbonyl (C=O) groups is 1. The summed E-state index contributed by atoms with van der Waals surface area (Å²) in [6.07, 6.45) is 2.22. The average molecular weight is 325 g/mol. The summed E-state index contributed by atoms with van der Waals surface area (Å²) >= 11 is 4.78. The van der Waals surface area contributed by atoms with Gasteiger partial charge in [0.2, 0.25) is 5.91 Å². The van der Waals surface area contributed by atoms with Crippen molar-refractivity contribution in [1.29, 1.82) is 5.26 Å². The molecule has 0 atom stereocenters. The first kappa shape index (κ1) is 13.4. The highest BCUT2D eigenvalue weighted by Gasteiger charge is 2.18. The van der Waals surface area contributed by atoms with Crippen molar-refractivity contribution >= 4 is 33.6 Å². The van der Waals surface area contributed by atoms with E-state index in [1.165, 1.54) is 11.8 Å². The molecule has 1 amide bonds. The van der Waals surface area contributed by atoms with E-state index in [-0.39, 0.29) is 5.91 Å². The zero-order valence-electron chi connectivity index (χ0n) is 9.86. The van der Waals surface area contributed by atoms with E-state index >= 15 is 0 Å². The van der Waals surface area contributed by atoms with Gasteiger partial charge in [-0.1, -0.05) is 15.9 Å². The van der Waals surface area contributed by atoms with E-state index in [4.69, 9.17) is 5.26 Å². The number of nitrogens with zero attached hydrogens (tertiary/aromatic N) is 2. The fourth-order valence-corrected chi connectivity index (χ4v) is 3.16. The molecule has 1 aliphatic rings. The number of rotatable bonds is 3. The quantitative estimate of drug-likeness (QED) is 0.803. The van der Waals surface area contributed by atoms with Crippen molar-refractivity contribution in [2.45, 2.75) is 17.7 Å². The van der Waals surface area contributed by atoms with Gasteiger partial charge in [0.1, 0.15) is 6.07 Å². The molecule has 0 aliphatic carbocycles. The molecule has 0 N–H and O–H groups in total. The van der Waals surface area contributed by atoms with Gasteiger partial charge in [0.05, 0.1) is 11.3 Å². The Morgan fingerprint density at radius 1 is 1.44 bits per heavy atom. The zero-order valence-corrected chi connectivity index (χ0v) is 12.3. The average Bonchev–Trinajstić information content (AvgIpc) is 2.90. The minimum Gasteiger partial charge on any atom is -0.342 e. The molecular weight excluding hydrogens is 312 g/mol. The second-order valence-electron chi connectivity index (χ2n) is 4.13. The maximum Gasteiger partial charge on any atom is 0.232 e. The van der Waals surface area contributed by atoms with E-state index in [2.05, 4.69) is 22.0 Å². The van der Waals surface area contributed by atoms with Crippen molar-refractivity contribution in [3.8, 4) is 6.07 Å². The standard InChI is InChI=1S/C13H13BrN2OS/c14-11-3-4-12(10(7-11)8-15)18-9-13(17)16-5-1-2-6-16/h3-4,7H,1-2,5-6,9H2. The Hall–Kier alpha value is -0.990. The van der Waals surface area contributed by atoms with Crippen LogP contribution in [0.25, 0.3) is 0 Å². The third-order valence-corrected chi connectivity index (χ3v) is 4.42. The summed E-state index contributed by atoms with van der Waals surface area (Å²) in [7, 11) is 0. The molecule has 1 aromatic carbocycles. The Labute approximate surface area is 119 Å². The van der Waals surface area contributed by atoms with Gasteiger partial charge in [-0.2, -0.15) is 5.26 Å². The predicted molar refractivity (Wildman–Crippen MR) is 75.4 cm³/mol. The summed E-state index contributed by atoms with van der Waals surface area (Å²) in [6, 6.07) is 7.71. The lowest BCUT2D eigenvalue weighted by atomic mass is 10.2. The van der Waals surface area contributed by atoms with Crippen molar-refractivity contribution < 1.29 is 4.79 Å². The molecule has 2 rings (SSSR count). The van der Waals surface area contributed by atoms with Crippen LogP contribution >= 0.6 is 27.7 Å². The van der Waals surface area contributed by atoms with Gasteiger partial charge in [0.25, 0.3) is 0 Å². The molecule has 0 radical (unpaired) electrons. The van der Waals surface area contributed by atoms with Crippen LogP contribution in [0.4, 0.5) is 0 Å². The first-order chi connectivity index (χ1) is 8.70. The summed E-state index contributed by atoms with van der Waals surface area (Å²) in [5, 5.41) is 9.04. The maximum absolute atomic E-state index is 11.9. The largest absolute Gasteiger partial charge is 0.342 e. The van der Waals surface area contributed by atoms with Crippen molar-refractivity contribution in [3.05, 3.63) is 28.2 Å². The van der Waals surface area contributed by atoms with Gasteiger partial charge in [0, 0.05) is 22.5 Å². The van der Waals surface area contributed by atoms with Gasteiger partial charge in [-0.15, -0.1) is 11.8 Å². The number of hydrogen-bond donors (Lipinski definition) is 0. The number of hydrogen-bond acceptors (Lipinski definition) is 3. The van der Waals surface area contributed by atoms with Gasteiger partial charge in [-0.3, -0.25) is 4.79 Å². The van der Waals surface area contributed by atoms with E-state index in [9.17, 15) is 4.79 Å². The van der Waals surface area contributed by atoms with E-state index in [0.29, 0.717) is 11.3 Å². The highest BCUT2D eigenvalue weighted by atomic mass is 79.9. The van der Waals surface area contributed by atoms with Crippen LogP contribution in [0.15, 0.2) is 27.6 Å². The van der Waals surface area contributed by atoms with Crippen molar-refractivity contribution in [1.82, 2.24) is 4.90 Å². The predicted octanol–water partition coefficient (Wildman–Crippen LogP) is 3.04. The minimum atomic E-state index is 0.171. The van der Waals surface area contributed by atoms with E-state index < -0.39 is 0 Å². The third kappa shape index (κ3) is 3.27. The molecule has 94 valence electrons. The highest BCUT2D eigenvalue weighted by Crippen LogP contribution is 2.26. The highest BCUT2D eigenvalue weighted by molar-refractivity contribution is 9.10. The van der Waals surface area contributed by atoms with Gasteiger partial charge >= 0.3 is 0 Å². The van der Waals surface area contributed by atoms with Crippen molar-refractivity contribution in [2.75, 3.05) is 18.8 Å². The molecule has 5 heteroatoms. The molecule has 18 heavy (non-hydrogen) atoms. The molecule has 0 aromatic heterocycles. The van der Waals surface area contributed by atoms with Crippen LogP contribution in [0.1, 0.15) is 18.4 Å². The molecule has 0 unspecified atom stereocenters. The number of benzene rings is 1. The minimum absolute atomic E-state index is 0.171. The number of carbonyl (C=O) groups excluding carboxylic acids is 1. The molecule has 1 heterocycles. The van der Waals surface area contributed by atoms with Crippen LogP contribution in [0, 0.1) is 11.3 Å². The summed E-state index contributed by atoms with van der Waals surface area (Å²) in [4.78, 5) is 14.7. The molecule has 0 saturated carbocycles. The number of halogens is 1. The van der Waals surface area contributed by atoms with Crippen LogP contribution in [0.3, 0.4) is 0 Å². The Bertz CT molecular complexity index is 492. The Balaban J connectivity index is 1.97. The zero-order chi connectivity index (χ0) is 13.0. The first-order valence-electron chi connectivity index (χ1n) is 5.81. The molecule has 1 saturated heterocycles. The summed E-state index contributed by atoms with van der Waals surface area (Å²) in [6.45, 7) is 1.76. The second-order valence-corrected chi connectivity index (χ2v) is 6.06. The summed E-state index contributed by atoms with van der Waals surface area (Å²) in [5.41, 5.74) is 0.614. The van der Waals surface area contributed by atoms with E-state index in [0.717, 1.165) is 35.3 Å². The SMILES string of the molecule is N#Cc1cc(Br)ccc1SCC(=O)N1CCCC1. The smallest absolute Gasteiger partial charge is 0.232 e. The molecule has 0 spiro atoms. The number of amides is 1. The lowest BCUT2D eigenvalue weighted by molar-refractivity contribution is -0.127. The van der Waals surface area contributed by atoms with Gasteiger partial charge in [-0.25, -0.2) is 0 Å². The third-order valence-electron chi connectivity index (χ3n) is 2.87. The Morgan fingerprint density at radius 3 is 2.83 bits per heavy atom. The normalized spacial score (nSPS) is 14.6. The summed E-state index contributed by atoms with van der Waals surface area (Å²) < 4.78 is 0.884. The fraction of sp³-hybridized carbons (Fsp3) is 0.385. The Morgan fingerprint density at radius 2 is 2.17 bits per heavy atom. The lowest BCUT2D eigenvalue weighted by Crippen LogP contribution is -2.29. The summed E-state index contributed by atoms with van der Waals surface area (Å²) in [5.74, 6) is 0.584. The van der Waals surface area contributed by atoms with Crippen molar-refractivity contribution in [2.24, 2.45) is 0 Å². The van der Waals surface area contributed by atoms with Gasteiger partial charge in [0.15, 0.2) is 0 Å². The molecular formula is C13H13BrN2OS. The molecule has 0 bridgehead atoms. The number of nitriles is 1. The van der Waals surface area contributed by atoms with Crippen LogP contribution in [0.5, 0.6) is 0 Å². The van der Waals surface area contributed by atoms with E-state index in [1.807, 2.05) is 17.0 Å². The van der Waals surface area contributed by atoms with Crippen LogP contribution < -0.4 is 0 Å². The molecule has 1 aromatic rings. The van der Waals surface area contributed by atoms with Gasteiger partial charge < -0.3 is 4.90 Å². The van der Waals surface area contributed by atoms with Crippen LogP contribution in [-0.4, -0.2) is 29.6 Å². The second kappa shape index (κ2) is 6.26. The lowest BCUT2D eigenvalue weighted by Gasteiger charge is -2.14. The topological polar surface area (TPSA) is 44.1 Å². The number of thioether (sulfide) groups is 1. The van der Waals surface area contributed by atoms with Crippen molar-refractivity contribution in [3.63, 3.8) is 0 Å². The maximum atomic E-state index is 11.9. The Kier molecular flexibility index (Phi) is 4.67. The van der Waals surface area contributed by atoms with E-state index in [1.54, 1.807) is 6.07 Å². The fourth-order valence-electron chi connectivity index (χ4n) is 1.91.